The molecule has 1 atom stereocenters. The van der Waals surface area contributed by atoms with E-state index in [1.807, 2.05) is 18.4 Å². The van der Waals surface area contributed by atoms with E-state index in [0.717, 1.165) is 18.0 Å². The molecule has 1 amide bonds. The van der Waals surface area contributed by atoms with Crippen molar-refractivity contribution in [1.82, 2.24) is 0 Å². The van der Waals surface area contributed by atoms with Gasteiger partial charge in [0.15, 0.2) is 6.54 Å². The van der Waals surface area contributed by atoms with E-state index in [2.05, 4.69) is 16.1 Å². The van der Waals surface area contributed by atoms with E-state index < -0.39 is 6.61 Å². The van der Waals surface area contributed by atoms with E-state index in [-0.39, 0.29) is 11.7 Å². The van der Waals surface area contributed by atoms with Crippen LogP contribution in [-0.2, 0) is 11.3 Å². The van der Waals surface area contributed by atoms with Crippen LogP contribution in [0, 0.1) is 0 Å². The molecule has 0 bridgehead atoms. The summed E-state index contributed by atoms with van der Waals surface area (Å²) in [6, 6.07) is 9.94. The zero-order chi connectivity index (χ0) is 16.7. The zero-order valence-corrected chi connectivity index (χ0v) is 13.5. The Morgan fingerprint density at radius 1 is 1.30 bits per heavy atom. The van der Waals surface area contributed by atoms with Crippen molar-refractivity contribution in [3.8, 4) is 5.75 Å². The maximum Gasteiger partial charge on any atom is 0.387 e. The van der Waals surface area contributed by atoms with Gasteiger partial charge in [-0.25, -0.2) is 0 Å². The number of hydrogen-bond acceptors (Lipinski definition) is 3. The Hall–Kier alpha value is -1.99. The van der Waals surface area contributed by atoms with Crippen LogP contribution in [0.15, 0.2) is 41.8 Å². The summed E-state index contributed by atoms with van der Waals surface area (Å²) in [5.41, 5.74) is 0.559. The lowest BCUT2D eigenvalue weighted by Gasteiger charge is -2.16. The molecule has 0 saturated heterocycles. The van der Waals surface area contributed by atoms with Crippen LogP contribution in [-0.4, -0.2) is 25.6 Å². The van der Waals surface area contributed by atoms with Crippen LogP contribution in [0.2, 0.25) is 0 Å². The summed E-state index contributed by atoms with van der Waals surface area (Å²) in [6.07, 6.45) is 0. The Bertz CT molecular complexity index is 603. The molecule has 0 saturated carbocycles. The molecule has 1 aromatic heterocycles. The van der Waals surface area contributed by atoms with Crippen molar-refractivity contribution in [2.75, 3.05) is 18.4 Å². The average molecular weight is 341 g/mol. The summed E-state index contributed by atoms with van der Waals surface area (Å²) in [7, 11) is 0. The second kappa shape index (κ2) is 8.59. The van der Waals surface area contributed by atoms with Gasteiger partial charge in [0, 0.05) is 5.69 Å². The highest BCUT2D eigenvalue weighted by Crippen LogP contribution is 2.17. The van der Waals surface area contributed by atoms with Gasteiger partial charge < -0.3 is 15.0 Å². The van der Waals surface area contributed by atoms with E-state index in [0.29, 0.717) is 12.2 Å². The number of anilines is 1. The molecule has 124 valence electrons. The van der Waals surface area contributed by atoms with Gasteiger partial charge in [-0.3, -0.25) is 4.79 Å². The maximum atomic E-state index is 12.1. The highest BCUT2D eigenvalue weighted by molar-refractivity contribution is 7.09. The molecule has 23 heavy (non-hydrogen) atoms. The molecule has 0 aliphatic carbocycles. The third kappa shape index (κ3) is 5.96. The molecule has 1 aromatic carbocycles. The van der Waals surface area contributed by atoms with E-state index >= 15 is 0 Å². The largest absolute Gasteiger partial charge is 0.435 e. The molecular weight excluding hydrogens is 322 g/mol. The van der Waals surface area contributed by atoms with Gasteiger partial charge in [-0.1, -0.05) is 6.07 Å². The molecule has 0 aliphatic heterocycles. The Morgan fingerprint density at radius 3 is 2.61 bits per heavy atom. The number of likely N-dealkylation sites (N-methyl/N-ethyl adjacent to an activating group) is 1. The number of hydrogen-bond donors (Lipinski definition) is 2. The number of benzene rings is 1. The summed E-state index contributed by atoms with van der Waals surface area (Å²) in [5.74, 6) is -0.0440. The molecule has 7 heteroatoms. The molecule has 4 nitrogen and oxygen atoms in total. The number of amides is 1. The summed E-state index contributed by atoms with van der Waals surface area (Å²) < 4.78 is 28.4. The molecule has 0 radical (unpaired) electrons. The fraction of sp³-hybridized carbons (Fsp3) is 0.312. The van der Waals surface area contributed by atoms with Crippen LogP contribution in [0.25, 0.3) is 0 Å². The van der Waals surface area contributed by atoms with Gasteiger partial charge in [0.1, 0.15) is 12.3 Å². The standard InChI is InChI=1S/C16H18F2N2O2S/c1-2-20(10-14-4-3-9-23-14)11-15(21)19-12-5-7-13(8-6-12)22-16(17)18/h3-9,16H,2,10-11H2,1H3,(H,19,21)/p+1. The number of carbonyl (C=O) groups excluding carboxylic acids is 1. The van der Waals surface area contributed by atoms with E-state index in [1.54, 1.807) is 23.5 Å². The van der Waals surface area contributed by atoms with Gasteiger partial charge in [0.05, 0.1) is 11.4 Å². The molecule has 2 N–H and O–H groups in total. The van der Waals surface area contributed by atoms with Crippen molar-refractivity contribution in [1.29, 1.82) is 0 Å². The van der Waals surface area contributed by atoms with Crippen molar-refractivity contribution in [2.24, 2.45) is 0 Å². The van der Waals surface area contributed by atoms with Gasteiger partial charge >= 0.3 is 6.61 Å². The maximum absolute atomic E-state index is 12.1. The number of halogens is 2. The zero-order valence-electron chi connectivity index (χ0n) is 12.7. The Labute approximate surface area is 137 Å². The first-order valence-electron chi connectivity index (χ1n) is 7.27. The van der Waals surface area contributed by atoms with Gasteiger partial charge in [0.2, 0.25) is 0 Å². The number of quaternary nitrogens is 1. The Morgan fingerprint density at radius 2 is 2.04 bits per heavy atom. The minimum atomic E-state index is -2.85. The molecule has 2 rings (SSSR count). The monoisotopic (exact) mass is 341 g/mol. The van der Waals surface area contributed by atoms with Crippen LogP contribution >= 0.6 is 11.3 Å². The van der Waals surface area contributed by atoms with E-state index in [1.165, 1.54) is 17.0 Å². The number of nitrogens with one attached hydrogen (secondary N) is 2. The Kier molecular flexibility index (Phi) is 6.49. The molecule has 1 unspecified atom stereocenters. The first-order chi connectivity index (χ1) is 11.1. The normalized spacial score (nSPS) is 12.2. The number of thiophene rings is 1. The molecule has 0 fully saturated rings. The van der Waals surface area contributed by atoms with Crippen LogP contribution in [0.4, 0.5) is 14.5 Å². The van der Waals surface area contributed by atoms with Crippen LogP contribution in [0.1, 0.15) is 11.8 Å². The van der Waals surface area contributed by atoms with E-state index in [9.17, 15) is 13.6 Å². The van der Waals surface area contributed by atoms with Crippen molar-refractivity contribution < 1.29 is 23.2 Å². The highest BCUT2D eigenvalue weighted by atomic mass is 32.1. The summed E-state index contributed by atoms with van der Waals surface area (Å²) in [6.45, 7) is 1.18. The third-order valence-corrected chi connectivity index (χ3v) is 4.15. The summed E-state index contributed by atoms with van der Waals surface area (Å²) in [4.78, 5) is 14.5. The second-order valence-corrected chi connectivity index (χ2v) is 6.02. The van der Waals surface area contributed by atoms with E-state index in [4.69, 9.17) is 0 Å². The molecule has 0 aliphatic rings. The molecule has 1 heterocycles. The lowest BCUT2D eigenvalue weighted by Crippen LogP contribution is -3.11. The molecular formula is C16H19F2N2O2S+. The quantitative estimate of drug-likeness (QED) is 0.774. The second-order valence-electron chi connectivity index (χ2n) is 4.99. The minimum Gasteiger partial charge on any atom is -0.435 e. The lowest BCUT2D eigenvalue weighted by molar-refractivity contribution is -0.903. The van der Waals surface area contributed by atoms with Crippen LogP contribution in [0.5, 0.6) is 5.75 Å². The molecule has 2 aromatic rings. The number of ether oxygens (including phenoxy) is 1. The summed E-state index contributed by atoms with van der Waals surface area (Å²) in [5, 5.41) is 4.79. The fourth-order valence-corrected chi connectivity index (χ4v) is 2.90. The minimum absolute atomic E-state index is 0.0662. The topological polar surface area (TPSA) is 42.8 Å². The predicted molar refractivity (Wildman–Crippen MR) is 86.1 cm³/mol. The average Bonchev–Trinajstić information content (AvgIpc) is 3.01. The fourth-order valence-electron chi connectivity index (χ4n) is 2.12. The van der Waals surface area contributed by atoms with Gasteiger partial charge in [-0.05, 0) is 42.6 Å². The predicted octanol–water partition coefficient (Wildman–Crippen LogP) is 2.39. The highest BCUT2D eigenvalue weighted by Gasteiger charge is 2.14. The van der Waals surface area contributed by atoms with Gasteiger partial charge in [-0.2, -0.15) is 8.78 Å². The number of rotatable bonds is 8. The first kappa shape index (κ1) is 17.4. The smallest absolute Gasteiger partial charge is 0.387 e. The number of alkyl halides is 2. The van der Waals surface area contributed by atoms with Crippen LogP contribution in [0.3, 0.4) is 0 Å². The Balaban J connectivity index is 1.85. The van der Waals surface area contributed by atoms with Gasteiger partial charge in [-0.15, -0.1) is 11.3 Å². The SMILES string of the molecule is CC[NH+](CC(=O)Nc1ccc(OC(F)F)cc1)Cc1cccs1. The lowest BCUT2D eigenvalue weighted by atomic mass is 10.3. The van der Waals surface area contributed by atoms with Gasteiger partial charge in [0.25, 0.3) is 5.91 Å². The van der Waals surface area contributed by atoms with Crippen molar-refractivity contribution in [2.45, 2.75) is 20.1 Å². The first-order valence-corrected chi connectivity index (χ1v) is 8.15. The van der Waals surface area contributed by atoms with Crippen molar-refractivity contribution in [3.63, 3.8) is 0 Å². The van der Waals surface area contributed by atoms with Crippen molar-refractivity contribution >= 4 is 22.9 Å². The number of carbonyl (C=O) groups is 1. The van der Waals surface area contributed by atoms with Crippen molar-refractivity contribution in [3.05, 3.63) is 46.7 Å². The molecule has 0 spiro atoms. The summed E-state index contributed by atoms with van der Waals surface area (Å²) >= 11 is 1.68. The third-order valence-electron chi connectivity index (χ3n) is 3.28. The van der Waals surface area contributed by atoms with Crippen LogP contribution < -0.4 is 15.0 Å².